The van der Waals surface area contributed by atoms with E-state index in [2.05, 4.69) is 5.32 Å². The van der Waals surface area contributed by atoms with Crippen LogP contribution >= 0.6 is 11.6 Å². The van der Waals surface area contributed by atoms with Crippen molar-refractivity contribution in [3.05, 3.63) is 52.0 Å². The van der Waals surface area contributed by atoms with Crippen molar-refractivity contribution in [1.29, 1.82) is 0 Å². The topological polar surface area (TPSA) is 64.3 Å². The number of anilines is 2. The summed E-state index contributed by atoms with van der Waals surface area (Å²) in [6, 6.07) is 9.02. The average Bonchev–Trinajstić information content (AvgIpc) is 2.47. The van der Waals surface area contributed by atoms with Gasteiger partial charge < -0.3 is 15.8 Å². The van der Waals surface area contributed by atoms with Crippen molar-refractivity contribution in [1.82, 2.24) is 0 Å². The highest BCUT2D eigenvalue weighted by atomic mass is 35.5. The maximum Gasteiger partial charge on any atom is 0.262 e. The van der Waals surface area contributed by atoms with Gasteiger partial charge >= 0.3 is 0 Å². The van der Waals surface area contributed by atoms with E-state index in [1.165, 1.54) is 0 Å². The van der Waals surface area contributed by atoms with Gasteiger partial charge in [0.25, 0.3) is 5.91 Å². The van der Waals surface area contributed by atoms with Gasteiger partial charge in [0.05, 0.1) is 0 Å². The highest BCUT2D eigenvalue weighted by Gasteiger charge is 2.09. The van der Waals surface area contributed by atoms with E-state index in [1.54, 1.807) is 18.2 Å². The summed E-state index contributed by atoms with van der Waals surface area (Å²) in [4.78, 5) is 12.0. The van der Waals surface area contributed by atoms with Crippen molar-refractivity contribution in [2.24, 2.45) is 0 Å². The number of nitrogens with two attached hydrogens (primary N) is 1. The molecule has 0 spiro atoms. The number of halogens is 1. The minimum absolute atomic E-state index is 0.0747. The predicted molar refractivity (Wildman–Crippen MR) is 90.6 cm³/mol. The van der Waals surface area contributed by atoms with Crippen LogP contribution in [0.4, 0.5) is 11.4 Å². The van der Waals surface area contributed by atoms with Gasteiger partial charge in [0.1, 0.15) is 5.75 Å². The van der Waals surface area contributed by atoms with Crippen LogP contribution in [0.2, 0.25) is 5.02 Å². The number of nitrogen functional groups attached to an aromatic ring is 1. The second-order valence-corrected chi connectivity index (χ2v) is 5.61. The van der Waals surface area contributed by atoms with E-state index in [0.717, 1.165) is 16.7 Å². The molecule has 4 nitrogen and oxygen atoms in total. The Labute approximate surface area is 135 Å². The molecule has 22 heavy (non-hydrogen) atoms. The average molecular weight is 319 g/mol. The Kier molecular flexibility index (Phi) is 4.93. The number of hydrogen-bond acceptors (Lipinski definition) is 3. The molecule has 1 amide bonds. The largest absolute Gasteiger partial charge is 0.484 e. The van der Waals surface area contributed by atoms with E-state index < -0.39 is 0 Å². The molecule has 0 heterocycles. The summed E-state index contributed by atoms with van der Waals surface area (Å²) in [5.41, 5.74) is 9.83. The summed E-state index contributed by atoms with van der Waals surface area (Å²) in [5.74, 6) is 0.387. The number of aryl methyl sites for hydroxylation is 2. The molecule has 0 atom stereocenters. The van der Waals surface area contributed by atoms with Crippen LogP contribution in [0.15, 0.2) is 30.3 Å². The van der Waals surface area contributed by atoms with Crippen LogP contribution in [0.3, 0.4) is 0 Å². The number of carbonyl (C=O) groups is 1. The molecule has 0 bridgehead atoms. The Balaban J connectivity index is 2.00. The Morgan fingerprint density at radius 3 is 2.50 bits per heavy atom. The van der Waals surface area contributed by atoms with Crippen LogP contribution in [0.5, 0.6) is 5.75 Å². The molecule has 0 aliphatic carbocycles. The SMILES string of the molecule is Cc1cc(OCC(=O)Nc2cccc(N)c2C)cc(C)c1Cl. The minimum Gasteiger partial charge on any atom is -0.484 e. The molecule has 2 rings (SSSR count). The van der Waals surface area contributed by atoms with Crippen molar-refractivity contribution in [3.8, 4) is 5.75 Å². The first kappa shape index (κ1) is 16.2. The summed E-state index contributed by atoms with van der Waals surface area (Å²) >= 11 is 6.11. The second-order valence-electron chi connectivity index (χ2n) is 5.23. The van der Waals surface area contributed by atoms with Gasteiger partial charge in [-0.15, -0.1) is 0 Å². The van der Waals surface area contributed by atoms with Gasteiger partial charge in [-0.2, -0.15) is 0 Å². The lowest BCUT2D eigenvalue weighted by Gasteiger charge is -2.12. The smallest absolute Gasteiger partial charge is 0.262 e. The van der Waals surface area contributed by atoms with E-state index in [-0.39, 0.29) is 12.5 Å². The fourth-order valence-electron chi connectivity index (χ4n) is 2.11. The lowest BCUT2D eigenvalue weighted by atomic mass is 10.1. The third-order valence-corrected chi connectivity index (χ3v) is 4.03. The maximum absolute atomic E-state index is 12.0. The van der Waals surface area contributed by atoms with Gasteiger partial charge in [0.2, 0.25) is 0 Å². The quantitative estimate of drug-likeness (QED) is 0.841. The molecule has 116 valence electrons. The maximum atomic E-state index is 12.0. The van der Waals surface area contributed by atoms with Crippen molar-refractivity contribution in [2.75, 3.05) is 17.7 Å². The number of ether oxygens (including phenoxy) is 1. The number of hydrogen-bond donors (Lipinski definition) is 2. The number of carbonyl (C=O) groups excluding carboxylic acids is 1. The number of nitrogens with one attached hydrogen (secondary N) is 1. The third-order valence-electron chi connectivity index (χ3n) is 3.43. The minimum atomic E-state index is -0.237. The predicted octanol–water partition coefficient (Wildman–Crippen LogP) is 3.86. The van der Waals surface area contributed by atoms with Gasteiger partial charge in [0, 0.05) is 16.4 Å². The van der Waals surface area contributed by atoms with Gasteiger partial charge in [-0.05, 0) is 61.7 Å². The molecular formula is C17H19ClN2O2. The van der Waals surface area contributed by atoms with Crippen LogP contribution in [0, 0.1) is 20.8 Å². The van der Waals surface area contributed by atoms with E-state index >= 15 is 0 Å². The van der Waals surface area contributed by atoms with Crippen molar-refractivity contribution in [2.45, 2.75) is 20.8 Å². The van der Waals surface area contributed by atoms with Crippen molar-refractivity contribution in [3.63, 3.8) is 0 Å². The van der Waals surface area contributed by atoms with Gasteiger partial charge in [-0.3, -0.25) is 4.79 Å². The molecule has 0 saturated heterocycles. The Bertz CT molecular complexity index is 691. The van der Waals surface area contributed by atoms with E-state index in [0.29, 0.717) is 22.1 Å². The summed E-state index contributed by atoms with van der Waals surface area (Å²) in [5, 5.41) is 3.51. The van der Waals surface area contributed by atoms with Crippen molar-refractivity contribution < 1.29 is 9.53 Å². The standard InChI is InChI=1S/C17H19ClN2O2/c1-10-7-13(8-11(2)17(10)18)22-9-16(21)20-15-6-4-5-14(19)12(15)3/h4-8H,9,19H2,1-3H3,(H,20,21). The summed E-state index contributed by atoms with van der Waals surface area (Å²) in [7, 11) is 0. The highest BCUT2D eigenvalue weighted by Crippen LogP contribution is 2.26. The lowest BCUT2D eigenvalue weighted by Crippen LogP contribution is -2.20. The monoisotopic (exact) mass is 318 g/mol. The van der Waals surface area contributed by atoms with Crippen LogP contribution in [0.25, 0.3) is 0 Å². The lowest BCUT2D eigenvalue weighted by molar-refractivity contribution is -0.118. The normalized spacial score (nSPS) is 10.4. The molecule has 0 aromatic heterocycles. The summed E-state index contributed by atoms with van der Waals surface area (Å²) < 4.78 is 5.52. The fraction of sp³-hybridized carbons (Fsp3) is 0.235. The second kappa shape index (κ2) is 6.71. The third kappa shape index (κ3) is 3.71. The molecule has 0 radical (unpaired) electrons. The Hall–Kier alpha value is -2.20. The van der Waals surface area contributed by atoms with Gasteiger partial charge in [-0.1, -0.05) is 17.7 Å². The molecule has 0 unspecified atom stereocenters. The molecule has 5 heteroatoms. The molecule has 2 aromatic carbocycles. The fourth-order valence-corrected chi connectivity index (χ4v) is 2.22. The first-order valence-corrected chi connectivity index (χ1v) is 7.30. The van der Waals surface area contributed by atoms with Gasteiger partial charge in [-0.25, -0.2) is 0 Å². The molecule has 0 fully saturated rings. The van der Waals surface area contributed by atoms with E-state index in [4.69, 9.17) is 22.1 Å². The zero-order chi connectivity index (χ0) is 16.3. The van der Waals surface area contributed by atoms with Crippen LogP contribution in [0.1, 0.15) is 16.7 Å². The van der Waals surface area contributed by atoms with Crippen LogP contribution in [-0.2, 0) is 4.79 Å². The van der Waals surface area contributed by atoms with Crippen molar-refractivity contribution >= 4 is 28.9 Å². The highest BCUT2D eigenvalue weighted by molar-refractivity contribution is 6.32. The first-order valence-electron chi connectivity index (χ1n) is 6.93. The molecule has 0 aliphatic rings. The van der Waals surface area contributed by atoms with E-state index in [9.17, 15) is 4.79 Å². The zero-order valence-corrected chi connectivity index (χ0v) is 13.6. The zero-order valence-electron chi connectivity index (χ0n) is 12.9. The van der Waals surface area contributed by atoms with E-state index in [1.807, 2.05) is 32.9 Å². The molecule has 3 N–H and O–H groups in total. The summed E-state index contributed by atoms with van der Waals surface area (Å²) in [6.07, 6.45) is 0. The first-order chi connectivity index (χ1) is 10.4. The molecular weight excluding hydrogens is 300 g/mol. The number of rotatable bonds is 4. The Morgan fingerprint density at radius 2 is 1.86 bits per heavy atom. The molecule has 2 aromatic rings. The summed E-state index contributed by atoms with van der Waals surface area (Å²) in [6.45, 7) is 5.59. The number of benzene rings is 2. The molecule has 0 aliphatic heterocycles. The molecule has 0 saturated carbocycles. The van der Waals surface area contributed by atoms with Crippen LogP contribution in [-0.4, -0.2) is 12.5 Å². The van der Waals surface area contributed by atoms with Gasteiger partial charge in [0.15, 0.2) is 6.61 Å². The van der Waals surface area contributed by atoms with Crippen LogP contribution < -0.4 is 15.8 Å². The number of amides is 1. The Morgan fingerprint density at radius 1 is 1.23 bits per heavy atom.